The lowest BCUT2D eigenvalue weighted by molar-refractivity contribution is 0.296. The summed E-state index contributed by atoms with van der Waals surface area (Å²) in [6.45, 7) is 2.28. The summed E-state index contributed by atoms with van der Waals surface area (Å²) in [7, 11) is 1.58. The Kier molecular flexibility index (Phi) is 3.99. The van der Waals surface area contributed by atoms with Crippen molar-refractivity contribution in [2.24, 2.45) is 0 Å². The fraction of sp³-hybridized carbons (Fsp3) is 0.200. The molecule has 0 saturated heterocycles. The number of hydrogen-bond acceptors (Lipinski definition) is 4. The number of rotatable bonds is 4. The molecular formula is C15H14N2O2. The Hall–Kier alpha value is -2.54. The van der Waals surface area contributed by atoms with E-state index in [-0.39, 0.29) is 0 Å². The second kappa shape index (κ2) is 5.87. The van der Waals surface area contributed by atoms with Crippen LogP contribution in [-0.4, -0.2) is 12.1 Å². The summed E-state index contributed by atoms with van der Waals surface area (Å²) in [4.78, 5) is 4.27. The van der Waals surface area contributed by atoms with Crippen molar-refractivity contribution in [3.05, 3.63) is 53.2 Å². The van der Waals surface area contributed by atoms with Gasteiger partial charge in [0.05, 0.1) is 24.4 Å². The molecule has 0 aliphatic carbocycles. The standard InChI is InChI=1S/C15H14N2O2/c1-11-6-7-12(9-16)8-14(11)19-10-13-4-3-5-15(17-13)18-2/h3-8H,10H2,1-2H3. The Morgan fingerprint density at radius 3 is 2.84 bits per heavy atom. The maximum atomic E-state index is 8.87. The lowest BCUT2D eigenvalue weighted by Crippen LogP contribution is -2.00. The maximum Gasteiger partial charge on any atom is 0.213 e. The van der Waals surface area contributed by atoms with Gasteiger partial charge in [-0.15, -0.1) is 0 Å². The van der Waals surface area contributed by atoms with Gasteiger partial charge in [-0.25, -0.2) is 4.98 Å². The predicted octanol–water partition coefficient (Wildman–Crippen LogP) is 2.85. The van der Waals surface area contributed by atoms with E-state index in [0.717, 1.165) is 11.3 Å². The highest BCUT2D eigenvalue weighted by atomic mass is 16.5. The Morgan fingerprint density at radius 2 is 2.11 bits per heavy atom. The molecule has 0 bridgehead atoms. The van der Waals surface area contributed by atoms with Crippen molar-refractivity contribution in [1.29, 1.82) is 5.26 Å². The summed E-state index contributed by atoms with van der Waals surface area (Å²) in [6, 6.07) is 13.0. The Morgan fingerprint density at radius 1 is 1.26 bits per heavy atom. The second-order valence-corrected chi connectivity index (χ2v) is 4.05. The van der Waals surface area contributed by atoms with Gasteiger partial charge in [0.25, 0.3) is 0 Å². The Bertz CT molecular complexity index is 618. The third-order valence-corrected chi connectivity index (χ3v) is 2.68. The molecule has 0 unspecified atom stereocenters. The van der Waals surface area contributed by atoms with Gasteiger partial charge in [0.2, 0.25) is 5.88 Å². The fourth-order valence-electron chi connectivity index (χ4n) is 1.63. The van der Waals surface area contributed by atoms with Crippen LogP contribution in [0.25, 0.3) is 0 Å². The van der Waals surface area contributed by atoms with Crippen LogP contribution in [0.5, 0.6) is 11.6 Å². The summed E-state index contributed by atoms with van der Waals surface area (Å²) in [5.41, 5.74) is 2.35. The van der Waals surface area contributed by atoms with Crippen LogP contribution in [-0.2, 0) is 6.61 Å². The lowest BCUT2D eigenvalue weighted by atomic mass is 10.1. The number of nitrogens with zero attached hydrogens (tertiary/aromatic N) is 2. The normalized spacial score (nSPS) is 9.74. The van der Waals surface area contributed by atoms with E-state index in [4.69, 9.17) is 14.7 Å². The van der Waals surface area contributed by atoms with Crippen molar-refractivity contribution < 1.29 is 9.47 Å². The minimum absolute atomic E-state index is 0.340. The molecule has 0 radical (unpaired) electrons. The highest BCUT2D eigenvalue weighted by Crippen LogP contribution is 2.20. The number of aryl methyl sites for hydroxylation is 1. The van der Waals surface area contributed by atoms with Crippen molar-refractivity contribution >= 4 is 0 Å². The molecule has 0 aliphatic heterocycles. The van der Waals surface area contributed by atoms with Gasteiger partial charge < -0.3 is 9.47 Å². The molecule has 0 fully saturated rings. The zero-order chi connectivity index (χ0) is 13.7. The molecule has 0 N–H and O–H groups in total. The van der Waals surface area contributed by atoms with Gasteiger partial charge in [0, 0.05) is 6.07 Å². The van der Waals surface area contributed by atoms with Crippen LogP contribution in [0.1, 0.15) is 16.8 Å². The molecule has 0 atom stereocenters. The van der Waals surface area contributed by atoms with E-state index in [2.05, 4.69) is 11.1 Å². The highest BCUT2D eigenvalue weighted by molar-refractivity contribution is 5.41. The number of hydrogen-bond donors (Lipinski definition) is 0. The molecule has 1 aromatic carbocycles. The first-order valence-electron chi connectivity index (χ1n) is 5.86. The zero-order valence-electron chi connectivity index (χ0n) is 10.9. The van der Waals surface area contributed by atoms with Crippen LogP contribution in [0.4, 0.5) is 0 Å². The molecular weight excluding hydrogens is 240 g/mol. The summed E-state index contributed by atoms with van der Waals surface area (Å²) in [6.07, 6.45) is 0. The van der Waals surface area contributed by atoms with Gasteiger partial charge in [0.15, 0.2) is 0 Å². The van der Waals surface area contributed by atoms with Crippen molar-refractivity contribution in [3.63, 3.8) is 0 Å². The van der Waals surface area contributed by atoms with E-state index in [9.17, 15) is 0 Å². The quantitative estimate of drug-likeness (QED) is 0.841. The third-order valence-electron chi connectivity index (χ3n) is 2.68. The van der Waals surface area contributed by atoms with Crippen LogP contribution in [0.3, 0.4) is 0 Å². The van der Waals surface area contributed by atoms with Gasteiger partial charge in [-0.05, 0) is 30.7 Å². The van der Waals surface area contributed by atoms with E-state index in [1.54, 1.807) is 25.3 Å². The molecule has 96 valence electrons. The number of methoxy groups -OCH3 is 1. The average molecular weight is 254 g/mol. The Balaban J connectivity index is 2.12. The summed E-state index contributed by atoms with van der Waals surface area (Å²) < 4.78 is 10.8. The van der Waals surface area contributed by atoms with Gasteiger partial charge >= 0.3 is 0 Å². The molecule has 1 heterocycles. The third kappa shape index (κ3) is 3.23. The van der Waals surface area contributed by atoms with Crippen molar-refractivity contribution in [3.8, 4) is 17.7 Å². The Labute approximate surface area is 112 Å². The molecule has 0 amide bonds. The van der Waals surface area contributed by atoms with Crippen molar-refractivity contribution in [2.75, 3.05) is 7.11 Å². The topological polar surface area (TPSA) is 55.1 Å². The molecule has 4 heteroatoms. The number of benzene rings is 1. The SMILES string of the molecule is COc1cccc(COc2cc(C#N)ccc2C)n1. The molecule has 2 rings (SSSR count). The van der Waals surface area contributed by atoms with Crippen molar-refractivity contribution in [2.45, 2.75) is 13.5 Å². The van der Waals surface area contributed by atoms with E-state index in [0.29, 0.717) is 23.8 Å². The molecule has 4 nitrogen and oxygen atoms in total. The number of aromatic nitrogens is 1. The maximum absolute atomic E-state index is 8.87. The largest absolute Gasteiger partial charge is 0.487 e. The molecule has 0 saturated carbocycles. The fourth-order valence-corrected chi connectivity index (χ4v) is 1.63. The summed E-state index contributed by atoms with van der Waals surface area (Å²) in [5, 5.41) is 8.87. The molecule has 0 spiro atoms. The second-order valence-electron chi connectivity index (χ2n) is 4.05. The van der Waals surface area contributed by atoms with Crippen LogP contribution < -0.4 is 9.47 Å². The van der Waals surface area contributed by atoms with E-state index in [1.165, 1.54) is 0 Å². The average Bonchev–Trinajstić information content (AvgIpc) is 2.46. The number of pyridine rings is 1. The monoisotopic (exact) mass is 254 g/mol. The number of ether oxygens (including phenoxy) is 2. The molecule has 19 heavy (non-hydrogen) atoms. The summed E-state index contributed by atoms with van der Waals surface area (Å²) >= 11 is 0. The molecule has 2 aromatic rings. The first-order valence-corrected chi connectivity index (χ1v) is 5.86. The van der Waals surface area contributed by atoms with Crippen LogP contribution in [0.15, 0.2) is 36.4 Å². The van der Waals surface area contributed by atoms with E-state index >= 15 is 0 Å². The van der Waals surface area contributed by atoms with E-state index in [1.807, 2.05) is 25.1 Å². The minimum atomic E-state index is 0.340. The summed E-state index contributed by atoms with van der Waals surface area (Å²) in [5.74, 6) is 1.26. The van der Waals surface area contributed by atoms with Crippen LogP contribution in [0.2, 0.25) is 0 Å². The highest BCUT2D eigenvalue weighted by Gasteiger charge is 2.03. The molecule has 1 aromatic heterocycles. The van der Waals surface area contributed by atoms with E-state index < -0.39 is 0 Å². The first kappa shape index (κ1) is 12.9. The van der Waals surface area contributed by atoms with Crippen molar-refractivity contribution in [1.82, 2.24) is 4.98 Å². The van der Waals surface area contributed by atoms with Crippen LogP contribution >= 0.6 is 0 Å². The number of nitriles is 1. The van der Waals surface area contributed by atoms with Gasteiger partial charge in [-0.2, -0.15) is 5.26 Å². The zero-order valence-corrected chi connectivity index (χ0v) is 10.9. The first-order chi connectivity index (χ1) is 9.22. The van der Waals surface area contributed by atoms with Gasteiger partial charge in [-0.3, -0.25) is 0 Å². The van der Waals surface area contributed by atoms with Crippen LogP contribution in [0, 0.1) is 18.3 Å². The minimum Gasteiger partial charge on any atom is -0.487 e. The van der Waals surface area contributed by atoms with Gasteiger partial charge in [-0.1, -0.05) is 12.1 Å². The smallest absolute Gasteiger partial charge is 0.213 e. The molecule has 0 aliphatic rings. The predicted molar refractivity (Wildman–Crippen MR) is 71.0 cm³/mol. The lowest BCUT2D eigenvalue weighted by Gasteiger charge is -2.09. The van der Waals surface area contributed by atoms with Gasteiger partial charge in [0.1, 0.15) is 12.4 Å².